The van der Waals surface area contributed by atoms with Gasteiger partial charge in [0.2, 0.25) is 0 Å². The van der Waals surface area contributed by atoms with Crippen LogP contribution in [0.25, 0.3) is 0 Å². The highest BCUT2D eigenvalue weighted by Crippen LogP contribution is 2.83. The molecule has 1 fully saturated rings. The molecule has 1 aliphatic heterocycles. The van der Waals surface area contributed by atoms with Gasteiger partial charge in [0.05, 0.1) is 0 Å². The number of hydrogen-bond donors (Lipinski definition) is 0. The molecule has 6 nitrogen and oxygen atoms in total. The van der Waals surface area contributed by atoms with Crippen LogP contribution in [-0.4, -0.2) is 0 Å². The Morgan fingerprint density at radius 2 is 0.833 bits per heavy atom. The Balaban J connectivity index is 3.28. The number of allylic oxidation sites excluding steroid dienone is 3. The van der Waals surface area contributed by atoms with Crippen LogP contribution in [0, 0.1) is 0 Å². The van der Waals surface area contributed by atoms with E-state index in [9.17, 15) is 13.7 Å². The summed E-state index contributed by atoms with van der Waals surface area (Å²) in [6.07, 6.45) is 4.23. The van der Waals surface area contributed by atoms with Crippen molar-refractivity contribution in [2.75, 3.05) is 0 Å². The molecule has 0 aromatic heterocycles. The molecule has 0 radical (unpaired) electrons. The Kier molecular flexibility index (Phi) is 5.13. The fourth-order valence-electron chi connectivity index (χ4n) is 1.23. The third-order valence-corrected chi connectivity index (χ3v) is 9.13. The minimum atomic E-state index is -3.85. The summed E-state index contributed by atoms with van der Waals surface area (Å²) in [5.74, 6) is 3.30. The Labute approximate surface area is 106 Å². The predicted octanol–water partition coefficient (Wildman–Crippen LogP) is 5.23. The topological polar surface area (TPSA) is 78.9 Å². The van der Waals surface area contributed by atoms with Gasteiger partial charge in [-0.15, -0.1) is 0 Å². The van der Waals surface area contributed by atoms with Gasteiger partial charge in [0, 0.05) is 17.5 Å². The van der Waals surface area contributed by atoms with Gasteiger partial charge in [0.1, 0.15) is 0 Å². The van der Waals surface area contributed by atoms with Crippen molar-refractivity contribution in [1.29, 1.82) is 0 Å². The van der Waals surface area contributed by atoms with Crippen LogP contribution >= 0.6 is 22.8 Å². The minimum absolute atomic E-state index is 1.10. The highest BCUT2D eigenvalue weighted by Gasteiger charge is 2.49. The van der Waals surface area contributed by atoms with E-state index in [4.69, 9.17) is 12.9 Å². The van der Waals surface area contributed by atoms with Crippen LogP contribution < -0.4 is 0 Å². The van der Waals surface area contributed by atoms with Gasteiger partial charge in [-0.2, -0.15) is 0 Å². The Morgan fingerprint density at radius 3 is 1.00 bits per heavy atom. The minimum Gasteiger partial charge on any atom is -0.254 e. The van der Waals surface area contributed by atoms with E-state index in [1.807, 2.05) is 0 Å². The summed E-state index contributed by atoms with van der Waals surface area (Å²) >= 11 is 0. The highest BCUT2D eigenvalue weighted by molar-refractivity contribution is 7.83. The summed E-state index contributed by atoms with van der Waals surface area (Å²) in [7, 11) is -11.6. The van der Waals surface area contributed by atoms with Gasteiger partial charge in [-0.1, -0.05) is 18.2 Å². The fourth-order valence-corrected chi connectivity index (χ4v) is 8.60. The van der Waals surface area contributed by atoms with Gasteiger partial charge in [0.15, 0.2) is 0 Å². The van der Waals surface area contributed by atoms with Gasteiger partial charge >= 0.3 is 22.8 Å². The Hall–Kier alpha value is -0.210. The van der Waals surface area contributed by atoms with Crippen LogP contribution in [-0.2, 0) is 26.6 Å². The van der Waals surface area contributed by atoms with Crippen LogP contribution in [0.4, 0.5) is 0 Å². The zero-order chi connectivity index (χ0) is 13.9. The predicted molar refractivity (Wildman–Crippen MR) is 70.5 cm³/mol. The first kappa shape index (κ1) is 15.8. The van der Waals surface area contributed by atoms with Gasteiger partial charge in [0.25, 0.3) is 0 Å². The van der Waals surface area contributed by atoms with Gasteiger partial charge in [-0.3, -0.25) is 13.7 Å². The number of rotatable bonds is 3. The van der Waals surface area contributed by atoms with Crippen LogP contribution in [0.1, 0.15) is 20.8 Å². The summed E-state index contributed by atoms with van der Waals surface area (Å²) in [5.41, 5.74) is 0. The maximum absolute atomic E-state index is 12.2. The molecule has 18 heavy (non-hydrogen) atoms. The quantitative estimate of drug-likeness (QED) is 0.664. The molecule has 0 aromatic carbocycles. The van der Waals surface area contributed by atoms with Crippen LogP contribution in [0.5, 0.6) is 0 Å². The Morgan fingerprint density at radius 1 is 0.611 bits per heavy atom. The van der Waals surface area contributed by atoms with Gasteiger partial charge in [-0.25, -0.2) is 12.9 Å². The van der Waals surface area contributed by atoms with E-state index in [0.717, 1.165) is 17.5 Å². The monoisotopic (exact) mass is 312 g/mol. The van der Waals surface area contributed by atoms with Crippen molar-refractivity contribution in [3.05, 3.63) is 35.7 Å². The van der Waals surface area contributed by atoms with Crippen molar-refractivity contribution >= 4 is 22.8 Å². The molecule has 0 bridgehead atoms. The molecule has 0 N–H and O–H groups in total. The molecule has 1 rings (SSSR count). The molecular weight excluding hydrogens is 297 g/mol. The average Bonchev–Trinajstić information content (AvgIpc) is 2.14. The van der Waals surface area contributed by atoms with Crippen LogP contribution in [0.2, 0.25) is 0 Å². The SMILES string of the molecule is C/C=C/P1(=O)OP(=O)(/C=C/C)OP(=O)(/C=C/C)O1. The largest absolute Gasteiger partial charge is 0.368 e. The molecule has 0 amide bonds. The second kappa shape index (κ2) is 5.83. The van der Waals surface area contributed by atoms with E-state index in [0.29, 0.717) is 0 Å². The molecule has 1 heterocycles. The standard InChI is InChI=1S/C9H15O6P3/c1-4-7-16(10)13-17(11,8-5-2)15-18(12,14-16)9-6-3/h4-9H,1-3H3/b7-4+,8-5+,9-6+. The molecule has 102 valence electrons. The third kappa shape index (κ3) is 3.89. The third-order valence-electron chi connectivity index (χ3n) is 1.68. The molecule has 1 aliphatic rings. The lowest BCUT2D eigenvalue weighted by atomic mass is 10.8. The van der Waals surface area contributed by atoms with E-state index in [2.05, 4.69) is 0 Å². The van der Waals surface area contributed by atoms with E-state index < -0.39 is 22.8 Å². The summed E-state index contributed by atoms with van der Waals surface area (Å²) in [6.45, 7) is 4.76. The lowest BCUT2D eigenvalue weighted by Crippen LogP contribution is -2.00. The molecule has 1 saturated heterocycles. The first-order valence-electron chi connectivity index (χ1n) is 5.15. The van der Waals surface area contributed by atoms with Gasteiger partial charge in [-0.05, 0) is 20.8 Å². The van der Waals surface area contributed by atoms with Crippen molar-refractivity contribution in [3.8, 4) is 0 Å². The van der Waals surface area contributed by atoms with Crippen molar-refractivity contribution in [1.82, 2.24) is 0 Å². The van der Waals surface area contributed by atoms with E-state index >= 15 is 0 Å². The van der Waals surface area contributed by atoms with Crippen molar-refractivity contribution in [2.24, 2.45) is 0 Å². The second-order valence-corrected chi connectivity index (χ2v) is 9.40. The first-order chi connectivity index (χ1) is 8.30. The molecular formula is C9H15O6P3. The summed E-state index contributed by atoms with van der Waals surface area (Å²) in [6, 6.07) is 0. The molecule has 0 aliphatic carbocycles. The van der Waals surface area contributed by atoms with E-state index in [-0.39, 0.29) is 0 Å². The first-order valence-corrected chi connectivity index (χ1v) is 9.99. The fraction of sp³-hybridized carbons (Fsp3) is 0.333. The number of hydrogen-bond acceptors (Lipinski definition) is 6. The van der Waals surface area contributed by atoms with Crippen LogP contribution in [0.15, 0.2) is 35.7 Å². The molecule has 0 aromatic rings. The average molecular weight is 312 g/mol. The summed E-state index contributed by atoms with van der Waals surface area (Å²) < 4.78 is 51.2. The van der Waals surface area contributed by atoms with Crippen molar-refractivity contribution in [3.63, 3.8) is 0 Å². The van der Waals surface area contributed by atoms with Crippen molar-refractivity contribution in [2.45, 2.75) is 20.8 Å². The maximum atomic E-state index is 12.2. The van der Waals surface area contributed by atoms with Crippen LogP contribution in [0.3, 0.4) is 0 Å². The maximum Gasteiger partial charge on any atom is 0.368 e. The van der Waals surface area contributed by atoms with Gasteiger partial charge < -0.3 is 0 Å². The zero-order valence-electron chi connectivity index (χ0n) is 10.3. The van der Waals surface area contributed by atoms with E-state index in [1.165, 1.54) is 18.2 Å². The zero-order valence-corrected chi connectivity index (χ0v) is 12.9. The second-order valence-electron chi connectivity index (χ2n) is 3.31. The molecule has 0 saturated carbocycles. The van der Waals surface area contributed by atoms with E-state index in [1.54, 1.807) is 20.8 Å². The smallest absolute Gasteiger partial charge is 0.254 e. The lowest BCUT2D eigenvalue weighted by Gasteiger charge is -2.29. The Bertz CT molecular complexity index is 438. The normalized spacial score (nSPS) is 42.2. The molecule has 0 unspecified atom stereocenters. The van der Waals surface area contributed by atoms with Crippen molar-refractivity contribution < 1.29 is 26.6 Å². The lowest BCUT2D eigenvalue weighted by molar-refractivity contribution is 0.295. The summed E-state index contributed by atoms with van der Waals surface area (Å²) in [4.78, 5) is 0. The summed E-state index contributed by atoms with van der Waals surface area (Å²) in [5, 5.41) is 0. The molecule has 9 heteroatoms. The molecule has 0 spiro atoms. The highest BCUT2D eigenvalue weighted by atomic mass is 31.3. The molecule has 0 atom stereocenters.